The van der Waals surface area contributed by atoms with Gasteiger partial charge in [0, 0.05) is 11.9 Å². The topological polar surface area (TPSA) is 59.5 Å². The minimum atomic E-state index is 0.730. The number of nitrogens with two attached hydrogens (primary N) is 1. The van der Waals surface area contributed by atoms with Gasteiger partial charge in [-0.2, -0.15) is 0 Å². The molecule has 0 amide bonds. The number of hydrogen-bond donors (Lipinski definition) is 1. The summed E-state index contributed by atoms with van der Waals surface area (Å²) in [4.78, 5) is 2.29. The monoisotopic (exact) mass is 219 g/mol. The van der Waals surface area contributed by atoms with Crippen LogP contribution in [-0.4, -0.2) is 32.6 Å². The molecule has 2 aromatic rings. The van der Waals surface area contributed by atoms with E-state index in [1.807, 2.05) is 22.7 Å². The van der Waals surface area contributed by atoms with E-state index in [0.29, 0.717) is 0 Å². The number of rotatable bonds is 4. The molecule has 0 bridgehead atoms. The molecule has 0 radical (unpaired) electrons. The quantitative estimate of drug-likeness (QED) is 0.838. The fraction of sp³-hybridized carbons (Fsp3) is 0.455. The van der Waals surface area contributed by atoms with Gasteiger partial charge in [-0.1, -0.05) is 13.8 Å². The molecule has 2 aromatic heterocycles. The van der Waals surface area contributed by atoms with Crippen molar-refractivity contribution in [1.82, 2.24) is 19.5 Å². The van der Waals surface area contributed by atoms with Crippen molar-refractivity contribution in [3.63, 3.8) is 0 Å². The summed E-state index contributed by atoms with van der Waals surface area (Å²) in [5.41, 5.74) is 7.33. The third-order valence-corrected chi connectivity index (χ3v) is 2.76. The van der Waals surface area contributed by atoms with Crippen LogP contribution < -0.4 is 5.73 Å². The number of anilines is 1. The second-order valence-electron chi connectivity index (χ2n) is 3.77. The van der Waals surface area contributed by atoms with Gasteiger partial charge in [-0.05, 0) is 25.2 Å². The van der Waals surface area contributed by atoms with Gasteiger partial charge in [0.05, 0.1) is 6.54 Å². The van der Waals surface area contributed by atoms with E-state index in [9.17, 15) is 0 Å². The highest BCUT2D eigenvalue weighted by atomic mass is 15.3. The summed E-state index contributed by atoms with van der Waals surface area (Å²) in [6.07, 6.45) is 1.87. The zero-order valence-electron chi connectivity index (χ0n) is 9.72. The molecule has 0 aliphatic carbocycles. The summed E-state index contributed by atoms with van der Waals surface area (Å²) in [5.74, 6) is 0.936. The van der Waals surface area contributed by atoms with Crippen LogP contribution in [-0.2, 0) is 6.54 Å². The van der Waals surface area contributed by atoms with Gasteiger partial charge in [0.1, 0.15) is 0 Å². The van der Waals surface area contributed by atoms with Crippen LogP contribution >= 0.6 is 0 Å². The molecule has 0 saturated heterocycles. The second-order valence-corrected chi connectivity index (χ2v) is 3.77. The number of nitrogen functional groups attached to an aromatic ring is 1. The lowest BCUT2D eigenvalue weighted by Gasteiger charge is -2.16. The van der Waals surface area contributed by atoms with Crippen LogP contribution in [0.15, 0.2) is 18.3 Å². The van der Waals surface area contributed by atoms with Crippen molar-refractivity contribution < 1.29 is 0 Å². The maximum Gasteiger partial charge on any atom is 0.160 e. The fourth-order valence-corrected chi connectivity index (χ4v) is 1.71. The molecule has 86 valence electrons. The Morgan fingerprint density at radius 3 is 2.69 bits per heavy atom. The van der Waals surface area contributed by atoms with Gasteiger partial charge in [-0.3, -0.25) is 9.30 Å². The molecule has 0 fully saturated rings. The Bertz CT molecular complexity index is 472. The third-order valence-electron chi connectivity index (χ3n) is 2.76. The molecule has 0 atom stereocenters. The first-order chi connectivity index (χ1) is 7.74. The van der Waals surface area contributed by atoms with Crippen LogP contribution in [0.25, 0.3) is 5.65 Å². The smallest absolute Gasteiger partial charge is 0.160 e. The lowest BCUT2D eigenvalue weighted by molar-refractivity contribution is 0.287. The molecule has 2 rings (SSSR count). The van der Waals surface area contributed by atoms with E-state index in [0.717, 1.165) is 36.8 Å². The zero-order valence-corrected chi connectivity index (χ0v) is 9.72. The van der Waals surface area contributed by atoms with Gasteiger partial charge in [-0.25, -0.2) is 0 Å². The number of fused-ring (bicyclic) bond motifs is 1. The molecule has 0 aliphatic heterocycles. The van der Waals surface area contributed by atoms with Crippen LogP contribution in [0, 0.1) is 0 Å². The summed E-state index contributed by atoms with van der Waals surface area (Å²) in [7, 11) is 0. The number of pyridine rings is 1. The summed E-state index contributed by atoms with van der Waals surface area (Å²) < 4.78 is 1.95. The second kappa shape index (κ2) is 4.49. The highest BCUT2D eigenvalue weighted by Gasteiger charge is 2.08. The average Bonchev–Trinajstić information content (AvgIpc) is 2.68. The number of nitrogens with zero attached hydrogens (tertiary/aromatic N) is 4. The van der Waals surface area contributed by atoms with Crippen molar-refractivity contribution in [2.45, 2.75) is 20.4 Å². The van der Waals surface area contributed by atoms with Crippen LogP contribution in [0.5, 0.6) is 0 Å². The summed E-state index contributed by atoms with van der Waals surface area (Å²) >= 11 is 0. The minimum absolute atomic E-state index is 0.730. The maximum atomic E-state index is 5.76. The van der Waals surface area contributed by atoms with Gasteiger partial charge in [-0.15, -0.1) is 10.2 Å². The van der Waals surface area contributed by atoms with Gasteiger partial charge in [0.15, 0.2) is 11.5 Å². The molecule has 0 saturated carbocycles. The van der Waals surface area contributed by atoms with Crippen molar-refractivity contribution >= 4 is 11.3 Å². The molecule has 0 spiro atoms. The minimum Gasteiger partial charge on any atom is -0.398 e. The molecule has 0 unspecified atom stereocenters. The lowest BCUT2D eigenvalue weighted by atomic mass is 10.4. The van der Waals surface area contributed by atoms with Gasteiger partial charge < -0.3 is 5.73 Å². The van der Waals surface area contributed by atoms with Crippen molar-refractivity contribution in [3.8, 4) is 0 Å². The normalized spacial score (nSPS) is 11.4. The number of hydrogen-bond acceptors (Lipinski definition) is 4. The van der Waals surface area contributed by atoms with E-state index >= 15 is 0 Å². The largest absolute Gasteiger partial charge is 0.398 e. The maximum absolute atomic E-state index is 5.76. The highest BCUT2D eigenvalue weighted by Crippen LogP contribution is 2.09. The van der Waals surface area contributed by atoms with E-state index in [-0.39, 0.29) is 0 Å². The Labute approximate surface area is 94.9 Å². The molecule has 5 heteroatoms. The van der Waals surface area contributed by atoms with Crippen LogP contribution in [0.4, 0.5) is 5.69 Å². The summed E-state index contributed by atoms with van der Waals surface area (Å²) in [6.45, 7) is 7.10. The van der Waals surface area contributed by atoms with E-state index in [1.54, 1.807) is 0 Å². The summed E-state index contributed by atoms with van der Waals surface area (Å²) in [5, 5.41) is 8.30. The Balaban J connectivity index is 2.33. The van der Waals surface area contributed by atoms with Crippen molar-refractivity contribution in [2.75, 3.05) is 18.8 Å². The van der Waals surface area contributed by atoms with Crippen molar-refractivity contribution in [3.05, 3.63) is 24.2 Å². The molecule has 16 heavy (non-hydrogen) atoms. The van der Waals surface area contributed by atoms with E-state index in [1.165, 1.54) is 0 Å². The predicted molar refractivity (Wildman–Crippen MR) is 64.0 cm³/mol. The molecule has 2 heterocycles. The van der Waals surface area contributed by atoms with Gasteiger partial charge >= 0.3 is 0 Å². The lowest BCUT2D eigenvalue weighted by Crippen LogP contribution is -2.23. The Morgan fingerprint density at radius 1 is 1.25 bits per heavy atom. The Kier molecular flexibility index (Phi) is 3.05. The van der Waals surface area contributed by atoms with E-state index in [2.05, 4.69) is 28.9 Å². The standard InChI is InChI=1S/C11H17N5/c1-3-15(4-2)8-11-14-13-10-6-5-9(12)7-16(10)11/h5-7H,3-4,8,12H2,1-2H3. The first-order valence-electron chi connectivity index (χ1n) is 5.56. The molecule has 0 aliphatic rings. The Morgan fingerprint density at radius 2 is 2.00 bits per heavy atom. The first kappa shape index (κ1) is 10.9. The van der Waals surface area contributed by atoms with Crippen LogP contribution in [0.1, 0.15) is 19.7 Å². The van der Waals surface area contributed by atoms with Gasteiger partial charge in [0.25, 0.3) is 0 Å². The van der Waals surface area contributed by atoms with E-state index < -0.39 is 0 Å². The summed E-state index contributed by atoms with van der Waals surface area (Å²) in [6, 6.07) is 3.72. The number of aromatic nitrogens is 3. The van der Waals surface area contributed by atoms with Crippen LogP contribution in [0.2, 0.25) is 0 Å². The molecule has 2 N–H and O–H groups in total. The molecular formula is C11H17N5. The van der Waals surface area contributed by atoms with Gasteiger partial charge in [0.2, 0.25) is 0 Å². The third kappa shape index (κ3) is 1.99. The van der Waals surface area contributed by atoms with Crippen molar-refractivity contribution in [2.24, 2.45) is 0 Å². The molecule has 5 nitrogen and oxygen atoms in total. The first-order valence-corrected chi connectivity index (χ1v) is 5.56. The fourth-order valence-electron chi connectivity index (χ4n) is 1.71. The molecular weight excluding hydrogens is 202 g/mol. The van der Waals surface area contributed by atoms with Crippen molar-refractivity contribution in [1.29, 1.82) is 0 Å². The van der Waals surface area contributed by atoms with Crippen LogP contribution in [0.3, 0.4) is 0 Å². The predicted octanol–water partition coefficient (Wildman–Crippen LogP) is 1.15. The average molecular weight is 219 g/mol. The molecule has 0 aromatic carbocycles. The Hall–Kier alpha value is -1.62. The highest BCUT2D eigenvalue weighted by molar-refractivity contribution is 5.47. The van der Waals surface area contributed by atoms with E-state index in [4.69, 9.17) is 5.73 Å². The zero-order chi connectivity index (χ0) is 11.5. The SMILES string of the molecule is CCN(CC)Cc1nnc2ccc(N)cn12.